The number of amides is 2. The van der Waals surface area contributed by atoms with E-state index in [0.717, 1.165) is 8.66 Å². The van der Waals surface area contributed by atoms with Crippen LogP contribution in [0.5, 0.6) is 0 Å². The molecule has 1 aromatic heterocycles. The van der Waals surface area contributed by atoms with E-state index in [1.807, 2.05) is 32.9 Å². The molecule has 1 unspecified atom stereocenters. The Hall–Kier alpha value is -0.880. The first-order chi connectivity index (χ1) is 9.27. The molecule has 1 fully saturated rings. The van der Waals surface area contributed by atoms with Crippen molar-refractivity contribution in [2.45, 2.75) is 39.8 Å². The van der Waals surface area contributed by atoms with E-state index in [4.69, 9.17) is 0 Å². The molecule has 1 aliphatic heterocycles. The lowest BCUT2D eigenvalue weighted by atomic mass is 9.86. The number of hydrogen-bond donors (Lipinski definition) is 1. The van der Waals surface area contributed by atoms with Crippen LogP contribution in [-0.4, -0.2) is 29.3 Å². The number of nitrogens with one attached hydrogen (secondary N) is 1. The van der Waals surface area contributed by atoms with Gasteiger partial charge >= 0.3 is 0 Å². The normalized spacial score (nSPS) is 20.8. The quantitative estimate of drug-likeness (QED) is 0.883. The van der Waals surface area contributed by atoms with Crippen molar-refractivity contribution >= 4 is 39.1 Å². The molecule has 0 aliphatic carbocycles. The van der Waals surface area contributed by atoms with E-state index in [9.17, 15) is 9.59 Å². The molecule has 0 aromatic carbocycles. The van der Waals surface area contributed by atoms with Gasteiger partial charge in [-0.3, -0.25) is 9.59 Å². The van der Waals surface area contributed by atoms with Crippen LogP contribution in [0.15, 0.2) is 15.9 Å². The van der Waals surface area contributed by atoms with Crippen LogP contribution in [0.3, 0.4) is 0 Å². The van der Waals surface area contributed by atoms with Crippen LogP contribution in [0, 0.1) is 5.41 Å². The second-order valence-electron chi connectivity index (χ2n) is 6.08. The first-order valence-electron chi connectivity index (χ1n) is 6.60. The summed E-state index contributed by atoms with van der Waals surface area (Å²) in [6.07, 6.45) is 0.366. The van der Waals surface area contributed by atoms with Crippen LogP contribution in [0.25, 0.3) is 0 Å². The summed E-state index contributed by atoms with van der Waals surface area (Å²) in [6, 6.07) is 3.53. The molecule has 1 aromatic rings. The second kappa shape index (κ2) is 5.85. The number of rotatable bonds is 2. The summed E-state index contributed by atoms with van der Waals surface area (Å²) in [5, 5.41) is 2.85. The van der Waals surface area contributed by atoms with E-state index in [2.05, 4.69) is 21.2 Å². The van der Waals surface area contributed by atoms with Crippen molar-refractivity contribution in [1.29, 1.82) is 0 Å². The minimum atomic E-state index is -0.457. The van der Waals surface area contributed by atoms with Crippen molar-refractivity contribution < 1.29 is 9.59 Å². The smallest absolute Gasteiger partial charge is 0.246 e. The van der Waals surface area contributed by atoms with Crippen molar-refractivity contribution in [1.82, 2.24) is 10.2 Å². The minimum absolute atomic E-state index is 0.00729. The lowest BCUT2D eigenvalue weighted by Crippen LogP contribution is -2.51. The summed E-state index contributed by atoms with van der Waals surface area (Å²) in [4.78, 5) is 27.3. The summed E-state index contributed by atoms with van der Waals surface area (Å²) in [6.45, 7) is 6.96. The Bertz CT molecular complexity index is 521. The number of hydrogen-bond acceptors (Lipinski definition) is 3. The van der Waals surface area contributed by atoms with Crippen molar-refractivity contribution in [2.24, 2.45) is 5.41 Å². The Morgan fingerprint density at radius 2 is 2.10 bits per heavy atom. The number of halogens is 1. The molecule has 2 amide bonds. The van der Waals surface area contributed by atoms with Gasteiger partial charge in [-0.15, -0.1) is 11.3 Å². The molecule has 2 heterocycles. The number of carbonyl (C=O) groups excluding carboxylic acids is 2. The summed E-state index contributed by atoms with van der Waals surface area (Å²) in [7, 11) is 0. The fraction of sp³-hybridized carbons (Fsp3) is 0.571. The standard InChI is InChI=1S/C14H19BrN2O2S/c1-14(2,3)12-13(19)17(7-6-11(18)16-12)8-9-4-5-10(15)20-9/h4-5,12H,6-8H2,1-3H3,(H,16,18). The van der Waals surface area contributed by atoms with Gasteiger partial charge in [-0.25, -0.2) is 0 Å². The highest BCUT2D eigenvalue weighted by molar-refractivity contribution is 9.11. The average Bonchev–Trinajstić information content (AvgIpc) is 2.68. The highest BCUT2D eigenvalue weighted by Gasteiger charge is 2.37. The molecular formula is C14H19BrN2O2S. The number of thiophene rings is 1. The predicted molar refractivity (Wildman–Crippen MR) is 83.4 cm³/mol. The van der Waals surface area contributed by atoms with E-state index in [1.54, 1.807) is 16.2 Å². The molecular weight excluding hydrogens is 340 g/mol. The third-order valence-corrected chi connectivity index (χ3v) is 4.92. The number of carbonyl (C=O) groups is 2. The molecule has 6 heteroatoms. The maximum absolute atomic E-state index is 12.7. The Morgan fingerprint density at radius 3 is 2.65 bits per heavy atom. The zero-order valence-corrected chi connectivity index (χ0v) is 14.3. The molecule has 110 valence electrons. The fourth-order valence-corrected chi connectivity index (χ4v) is 3.69. The van der Waals surface area contributed by atoms with Gasteiger partial charge in [-0.2, -0.15) is 0 Å². The van der Waals surface area contributed by atoms with Gasteiger partial charge in [-0.05, 0) is 33.5 Å². The van der Waals surface area contributed by atoms with Gasteiger partial charge in [0.2, 0.25) is 11.8 Å². The van der Waals surface area contributed by atoms with Gasteiger partial charge in [0.1, 0.15) is 6.04 Å². The zero-order chi connectivity index (χ0) is 14.9. The van der Waals surface area contributed by atoms with Crippen LogP contribution in [0.4, 0.5) is 0 Å². The van der Waals surface area contributed by atoms with Crippen molar-refractivity contribution in [3.63, 3.8) is 0 Å². The van der Waals surface area contributed by atoms with Crippen LogP contribution >= 0.6 is 27.3 Å². The van der Waals surface area contributed by atoms with E-state index >= 15 is 0 Å². The first kappa shape index (κ1) is 15.5. The lowest BCUT2D eigenvalue weighted by Gasteiger charge is -2.32. The van der Waals surface area contributed by atoms with Crippen LogP contribution < -0.4 is 5.32 Å². The Kier molecular flexibility index (Phi) is 4.54. The molecule has 0 bridgehead atoms. The van der Waals surface area contributed by atoms with Crippen molar-refractivity contribution in [3.05, 3.63) is 20.8 Å². The topological polar surface area (TPSA) is 49.4 Å². The lowest BCUT2D eigenvalue weighted by molar-refractivity contribution is -0.136. The van der Waals surface area contributed by atoms with E-state index < -0.39 is 6.04 Å². The molecule has 20 heavy (non-hydrogen) atoms. The maximum atomic E-state index is 12.7. The third-order valence-electron chi connectivity index (χ3n) is 3.31. The van der Waals surface area contributed by atoms with Gasteiger partial charge in [0, 0.05) is 17.8 Å². The Morgan fingerprint density at radius 1 is 1.40 bits per heavy atom. The SMILES string of the molecule is CC(C)(C)C1NC(=O)CCN(Cc2ccc(Br)s2)C1=O. The van der Waals surface area contributed by atoms with Crippen molar-refractivity contribution in [2.75, 3.05) is 6.54 Å². The highest BCUT2D eigenvalue weighted by Crippen LogP contribution is 2.26. The molecule has 0 spiro atoms. The Labute approximate surface area is 131 Å². The average molecular weight is 359 g/mol. The molecule has 1 aliphatic rings. The van der Waals surface area contributed by atoms with Gasteiger partial charge in [0.15, 0.2) is 0 Å². The molecule has 0 radical (unpaired) electrons. The van der Waals surface area contributed by atoms with Crippen LogP contribution in [-0.2, 0) is 16.1 Å². The highest BCUT2D eigenvalue weighted by atomic mass is 79.9. The van der Waals surface area contributed by atoms with Crippen molar-refractivity contribution in [3.8, 4) is 0 Å². The van der Waals surface area contributed by atoms with E-state index in [1.165, 1.54) is 0 Å². The van der Waals surface area contributed by atoms with Gasteiger partial charge in [0.05, 0.1) is 10.3 Å². The monoisotopic (exact) mass is 358 g/mol. The van der Waals surface area contributed by atoms with E-state index in [0.29, 0.717) is 19.5 Å². The Balaban J connectivity index is 2.19. The summed E-state index contributed by atoms with van der Waals surface area (Å²) in [5.74, 6) is -0.0407. The molecule has 4 nitrogen and oxygen atoms in total. The van der Waals surface area contributed by atoms with Gasteiger partial charge in [-0.1, -0.05) is 20.8 Å². The zero-order valence-electron chi connectivity index (χ0n) is 11.9. The summed E-state index contributed by atoms with van der Waals surface area (Å²) >= 11 is 5.05. The fourth-order valence-electron chi connectivity index (χ4n) is 2.19. The number of nitrogens with zero attached hydrogens (tertiary/aromatic N) is 1. The van der Waals surface area contributed by atoms with Gasteiger partial charge < -0.3 is 10.2 Å². The van der Waals surface area contributed by atoms with E-state index in [-0.39, 0.29) is 17.2 Å². The van der Waals surface area contributed by atoms with Gasteiger partial charge in [0.25, 0.3) is 0 Å². The molecule has 0 saturated carbocycles. The second-order valence-corrected chi connectivity index (χ2v) is 8.63. The molecule has 2 rings (SSSR count). The van der Waals surface area contributed by atoms with Crippen LogP contribution in [0.1, 0.15) is 32.1 Å². The molecule has 1 N–H and O–H groups in total. The van der Waals surface area contributed by atoms with Crippen LogP contribution in [0.2, 0.25) is 0 Å². The molecule has 1 atom stereocenters. The summed E-state index contributed by atoms with van der Waals surface area (Å²) in [5.41, 5.74) is -0.286. The first-order valence-corrected chi connectivity index (χ1v) is 8.20. The maximum Gasteiger partial charge on any atom is 0.246 e. The largest absolute Gasteiger partial charge is 0.344 e. The third kappa shape index (κ3) is 3.61. The summed E-state index contributed by atoms with van der Waals surface area (Å²) < 4.78 is 1.05. The molecule has 1 saturated heterocycles. The minimum Gasteiger partial charge on any atom is -0.344 e. The predicted octanol–water partition coefficient (Wildman–Crippen LogP) is 2.77.